The molecule has 0 saturated carbocycles. The van der Waals surface area contributed by atoms with Gasteiger partial charge < -0.3 is 19.6 Å². The number of rotatable bonds is 8. The summed E-state index contributed by atoms with van der Waals surface area (Å²) in [5, 5.41) is 2.43. The molecule has 4 nitrogen and oxygen atoms in total. The zero-order valence-corrected chi connectivity index (χ0v) is 38.2. The molecule has 0 aromatic heterocycles. The van der Waals surface area contributed by atoms with Crippen molar-refractivity contribution >= 4 is 102 Å². The highest BCUT2D eigenvalue weighted by atomic mass is 15.2. The number of hydrogen-bond acceptors (Lipinski definition) is 4. The van der Waals surface area contributed by atoms with Gasteiger partial charge in [0.15, 0.2) is 0 Å². The van der Waals surface area contributed by atoms with Crippen molar-refractivity contribution in [1.29, 1.82) is 0 Å². The Labute approximate surface area is 394 Å². The fourth-order valence-electron chi connectivity index (χ4n) is 10.3. The Morgan fingerprint density at radius 1 is 0.299 bits per heavy atom. The van der Waals surface area contributed by atoms with Gasteiger partial charge in [0.05, 0.1) is 0 Å². The van der Waals surface area contributed by atoms with E-state index in [1.54, 1.807) is 0 Å². The molecule has 0 unspecified atom stereocenters. The highest BCUT2D eigenvalue weighted by Gasteiger charge is 2.43. The van der Waals surface area contributed by atoms with E-state index < -0.39 is 0 Å². The first kappa shape index (κ1) is 40.3. The minimum absolute atomic E-state index is 0.0460. The second-order valence-electron chi connectivity index (χ2n) is 18.2. The molecule has 10 aromatic carbocycles. The first-order valence-corrected chi connectivity index (χ1v) is 23.3. The van der Waals surface area contributed by atoms with Gasteiger partial charge in [-0.25, -0.2) is 0 Å². The van der Waals surface area contributed by atoms with Gasteiger partial charge in [-0.05, 0) is 164 Å². The van der Waals surface area contributed by atoms with Gasteiger partial charge in [-0.3, -0.25) is 0 Å². The van der Waals surface area contributed by atoms with Crippen molar-refractivity contribution in [2.75, 3.05) is 19.6 Å². The molecule has 0 radical (unpaired) electrons. The van der Waals surface area contributed by atoms with E-state index in [1.807, 2.05) is 0 Å². The summed E-state index contributed by atoms with van der Waals surface area (Å²) >= 11 is 0. The molecular formula is C62H49BN4. The molecule has 2 aliphatic rings. The van der Waals surface area contributed by atoms with Crippen LogP contribution in [-0.4, -0.2) is 6.71 Å². The fourth-order valence-corrected chi connectivity index (χ4v) is 10.3. The standard InChI is InChI=1S/C62H49BN4/c1-42-17-26-49(27-18-42)64(50-28-19-43(2)20-29-50)54-35-37-56-60(40-54)66(48-13-6-5-7-14-48)58-15-10-16-59-62(58)63(56)57-38-36-55(41-61(57)67(59)53-34-25-46-11-8-9-12-47(46)39-53)65(51-30-21-44(3)22-31-51)52-32-23-45(4)24-33-52/h5-41H,1-4H3. The predicted molar refractivity (Wildman–Crippen MR) is 286 cm³/mol. The van der Waals surface area contributed by atoms with Gasteiger partial charge in [0.1, 0.15) is 0 Å². The molecule has 2 aliphatic heterocycles. The van der Waals surface area contributed by atoms with Crippen LogP contribution in [0.5, 0.6) is 0 Å². The van der Waals surface area contributed by atoms with Gasteiger partial charge in [0.2, 0.25) is 0 Å². The van der Waals surface area contributed by atoms with E-state index in [9.17, 15) is 0 Å². The van der Waals surface area contributed by atoms with Crippen molar-refractivity contribution in [1.82, 2.24) is 0 Å². The molecule has 0 saturated heterocycles. The molecule has 12 rings (SSSR count). The normalized spacial score (nSPS) is 12.4. The van der Waals surface area contributed by atoms with E-state index in [4.69, 9.17) is 0 Å². The maximum atomic E-state index is 2.52. The van der Waals surface area contributed by atoms with Crippen LogP contribution in [0.4, 0.5) is 68.2 Å². The third-order valence-corrected chi connectivity index (χ3v) is 13.7. The molecule has 5 heteroatoms. The lowest BCUT2D eigenvalue weighted by Gasteiger charge is -2.44. The topological polar surface area (TPSA) is 13.0 Å². The molecule has 0 spiro atoms. The number of para-hydroxylation sites is 1. The van der Waals surface area contributed by atoms with E-state index in [0.29, 0.717) is 0 Å². The van der Waals surface area contributed by atoms with Crippen molar-refractivity contribution in [3.05, 3.63) is 247 Å². The molecule has 0 atom stereocenters. The Morgan fingerprint density at radius 3 is 1.16 bits per heavy atom. The van der Waals surface area contributed by atoms with Gasteiger partial charge in [-0.15, -0.1) is 0 Å². The van der Waals surface area contributed by atoms with E-state index >= 15 is 0 Å². The van der Waals surface area contributed by atoms with Crippen molar-refractivity contribution in [2.24, 2.45) is 0 Å². The Hall–Kier alpha value is -8.28. The summed E-state index contributed by atoms with van der Waals surface area (Å²) in [5.41, 5.74) is 22.4. The van der Waals surface area contributed by atoms with Crippen molar-refractivity contribution in [3.63, 3.8) is 0 Å². The van der Waals surface area contributed by atoms with E-state index in [-0.39, 0.29) is 6.71 Å². The van der Waals surface area contributed by atoms with Crippen LogP contribution in [0.3, 0.4) is 0 Å². The van der Waals surface area contributed by atoms with E-state index in [2.05, 4.69) is 272 Å². The summed E-state index contributed by atoms with van der Waals surface area (Å²) in [6.45, 7) is 8.56. The van der Waals surface area contributed by atoms with Gasteiger partial charge in [0.25, 0.3) is 6.71 Å². The summed E-state index contributed by atoms with van der Waals surface area (Å²) in [6.07, 6.45) is 0. The van der Waals surface area contributed by atoms with Crippen LogP contribution in [0.1, 0.15) is 22.3 Å². The molecule has 0 amide bonds. The number of aryl methyl sites for hydroxylation is 4. The number of anilines is 12. The minimum atomic E-state index is -0.0460. The predicted octanol–water partition coefficient (Wildman–Crippen LogP) is 15.1. The first-order valence-electron chi connectivity index (χ1n) is 23.3. The van der Waals surface area contributed by atoms with Crippen LogP contribution in [-0.2, 0) is 0 Å². The Bertz CT molecular complexity index is 3370. The third-order valence-electron chi connectivity index (χ3n) is 13.7. The van der Waals surface area contributed by atoms with Crippen LogP contribution < -0.4 is 36.0 Å². The van der Waals surface area contributed by atoms with Gasteiger partial charge in [0, 0.05) is 68.2 Å². The fraction of sp³-hybridized carbons (Fsp3) is 0.0645. The van der Waals surface area contributed by atoms with Crippen molar-refractivity contribution in [2.45, 2.75) is 27.7 Å². The van der Waals surface area contributed by atoms with Crippen LogP contribution in [0.15, 0.2) is 224 Å². The lowest BCUT2D eigenvalue weighted by Crippen LogP contribution is -2.61. The second kappa shape index (κ2) is 16.3. The number of nitrogens with zero attached hydrogens (tertiary/aromatic N) is 4. The third kappa shape index (κ3) is 7.03. The molecule has 67 heavy (non-hydrogen) atoms. The maximum absolute atomic E-state index is 2.52. The van der Waals surface area contributed by atoms with Crippen LogP contribution in [0.2, 0.25) is 0 Å². The quantitative estimate of drug-likeness (QED) is 0.141. The molecule has 0 bridgehead atoms. The van der Waals surface area contributed by atoms with Crippen LogP contribution >= 0.6 is 0 Å². The average Bonchev–Trinajstić information content (AvgIpc) is 3.36. The molecule has 10 aromatic rings. The van der Waals surface area contributed by atoms with Crippen LogP contribution in [0, 0.1) is 27.7 Å². The van der Waals surface area contributed by atoms with Crippen molar-refractivity contribution in [3.8, 4) is 0 Å². The van der Waals surface area contributed by atoms with Gasteiger partial charge in [-0.1, -0.05) is 138 Å². The Kier molecular flexibility index (Phi) is 9.80. The molecule has 0 fully saturated rings. The average molecular weight is 861 g/mol. The van der Waals surface area contributed by atoms with Crippen molar-refractivity contribution < 1.29 is 0 Å². The van der Waals surface area contributed by atoms with E-state index in [1.165, 1.54) is 60.8 Å². The van der Waals surface area contributed by atoms with E-state index in [0.717, 1.165) is 56.9 Å². The summed E-state index contributed by atoms with van der Waals surface area (Å²) in [4.78, 5) is 9.79. The molecule has 0 aliphatic carbocycles. The summed E-state index contributed by atoms with van der Waals surface area (Å²) in [6, 6.07) is 83.2. The monoisotopic (exact) mass is 860 g/mol. The zero-order valence-electron chi connectivity index (χ0n) is 38.2. The summed E-state index contributed by atoms with van der Waals surface area (Å²) in [7, 11) is 0. The lowest BCUT2D eigenvalue weighted by atomic mass is 9.33. The van der Waals surface area contributed by atoms with Gasteiger partial charge in [-0.2, -0.15) is 0 Å². The van der Waals surface area contributed by atoms with Gasteiger partial charge >= 0.3 is 0 Å². The number of hydrogen-bond donors (Lipinski definition) is 0. The SMILES string of the molecule is Cc1ccc(N(c2ccc(C)cc2)c2ccc3c(c2)N(c2ccccc2)c2cccc4c2B3c2ccc(N(c3ccc(C)cc3)c3ccc(C)cc3)cc2N4c2ccc3ccccc3c2)cc1. The smallest absolute Gasteiger partial charge is 0.252 e. The first-order chi connectivity index (χ1) is 32.9. The molecule has 2 heterocycles. The Balaban J connectivity index is 1.11. The Morgan fingerprint density at radius 2 is 0.701 bits per heavy atom. The largest absolute Gasteiger partial charge is 0.311 e. The highest BCUT2D eigenvalue weighted by molar-refractivity contribution is 7.00. The number of fused-ring (bicyclic) bond motifs is 5. The second-order valence-corrected chi connectivity index (χ2v) is 18.2. The molecular weight excluding hydrogens is 812 g/mol. The summed E-state index contributed by atoms with van der Waals surface area (Å²) in [5.74, 6) is 0. The van der Waals surface area contributed by atoms with Crippen LogP contribution in [0.25, 0.3) is 10.8 Å². The number of benzene rings is 10. The molecule has 320 valence electrons. The highest BCUT2D eigenvalue weighted by Crippen LogP contribution is 2.47. The lowest BCUT2D eigenvalue weighted by molar-refractivity contribution is 1.23. The summed E-state index contributed by atoms with van der Waals surface area (Å²) < 4.78 is 0. The minimum Gasteiger partial charge on any atom is -0.311 e. The maximum Gasteiger partial charge on any atom is 0.252 e. The molecule has 0 N–H and O–H groups in total. The zero-order chi connectivity index (χ0) is 45.2.